The predicted molar refractivity (Wildman–Crippen MR) is 72.2 cm³/mol. The van der Waals surface area contributed by atoms with E-state index in [1.807, 2.05) is 5.43 Å². The zero-order valence-corrected chi connectivity index (χ0v) is 10.6. The number of hydrazone groups is 1. The molecule has 1 aromatic rings. The van der Waals surface area contributed by atoms with Crippen molar-refractivity contribution in [3.05, 3.63) is 34.4 Å². The second-order valence-electron chi connectivity index (χ2n) is 3.85. The smallest absolute Gasteiger partial charge is 0.332 e. The second-order valence-corrected chi connectivity index (χ2v) is 3.85. The number of carbonyl (C=O) groups is 2. The summed E-state index contributed by atoms with van der Waals surface area (Å²) in [7, 11) is 0. The fourth-order valence-electron chi connectivity index (χ4n) is 1.29. The Labute approximate surface area is 114 Å². The van der Waals surface area contributed by atoms with Crippen molar-refractivity contribution in [1.82, 2.24) is 5.43 Å². The molecule has 0 fully saturated rings. The van der Waals surface area contributed by atoms with E-state index < -0.39 is 11.0 Å². The number of amides is 3. The van der Waals surface area contributed by atoms with Gasteiger partial charge in [0.2, 0.25) is 5.91 Å². The highest BCUT2D eigenvalue weighted by molar-refractivity contribution is 6.05. The van der Waals surface area contributed by atoms with Crippen LogP contribution in [0.25, 0.3) is 0 Å². The molecule has 0 saturated carbocycles. The average molecular weight is 279 g/mol. The maximum atomic E-state index is 11.6. The molecule has 0 heterocycles. The topological polar surface area (TPSA) is 140 Å². The van der Waals surface area contributed by atoms with Crippen LogP contribution in [0.3, 0.4) is 0 Å². The van der Waals surface area contributed by atoms with Crippen LogP contribution in [-0.4, -0.2) is 22.6 Å². The molecule has 0 aliphatic carbocycles. The van der Waals surface area contributed by atoms with E-state index in [1.165, 1.54) is 24.3 Å². The summed E-state index contributed by atoms with van der Waals surface area (Å²) in [6.07, 6.45) is -0.0444. The fourth-order valence-corrected chi connectivity index (χ4v) is 1.29. The van der Waals surface area contributed by atoms with E-state index in [0.29, 0.717) is 11.4 Å². The molecule has 9 nitrogen and oxygen atoms in total. The van der Waals surface area contributed by atoms with Crippen molar-refractivity contribution in [3.63, 3.8) is 0 Å². The molecule has 1 rings (SSSR count). The fraction of sp³-hybridized carbons (Fsp3) is 0.182. The number of benzene rings is 1. The van der Waals surface area contributed by atoms with E-state index >= 15 is 0 Å². The third-order valence-corrected chi connectivity index (χ3v) is 2.14. The number of hydrogen-bond donors (Lipinski definition) is 3. The second kappa shape index (κ2) is 6.83. The summed E-state index contributed by atoms with van der Waals surface area (Å²) in [5, 5.41) is 16.6. The molecule has 1 aromatic carbocycles. The Morgan fingerprint density at radius 3 is 2.45 bits per heavy atom. The first kappa shape index (κ1) is 15.1. The summed E-state index contributed by atoms with van der Waals surface area (Å²) >= 11 is 0. The Morgan fingerprint density at radius 2 is 1.95 bits per heavy atom. The third-order valence-electron chi connectivity index (χ3n) is 2.14. The zero-order chi connectivity index (χ0) is 15.1. The Morgan fingerprint density at radius 1 is 1.35 bits per heavy atom. The van der Waals surface area contributed by atoms with E-state index in [2.05, 4.69) is 10.4 Å². The highest BCUT2D eigenvalue weighted by atomic mass is 16.6. The molecule has 0 saturated heterocycles. The molecule has 0 spiro atoms. The molecule has 0 aliphatic rings. The van der Waals surface area contributed by atoms with Crippen LogP contribution in [0.5, 0.6) is 0 Å². The van der Waals surface area contributed by atoms with Gasteiger partial charge in [-0.1, -0.05) is 0 Å². The lowest BCUT2D eigenvalue weighted by Crippen LogP contribution is -2.26. The predicted octanol–water partition coefficient (Wildman–Crippen LogP) is 0.968. The number of nitrogens with zero attached hydrogens (tertiary/aromatic N) is 2. The van der Waals surface area contributed by atoms with Gasteiger partial charge >= 0.3 is 6.03 Å². The Hall–Kier alpha value is -2.97. The standard InChI is InChI=1S/C11H13N5O4/c1-7(14-15-11(12)18)6-10(17)13-8-2-4-9(5-3-8)16(19)20/h2-5H,6H2,1H3,(H,13,17)(H3,12,15,18)/b14-7+. The number of nitro groups is 1. The Bertz CT molecular complexity index is 552. The molecule has 0 bridgehead atoms. The molecule has 20 heavy (non-hydrogen) atoms. The average Bonchev–Trinajstić information content (AvgIpc) is 2.36. The molecule has 0 aliphatic heterocycles. The monoisotopic (exact) mass is 279 g/mol. The van der Waals surface area contributed by atoms with Crippen LogP contribution in [0, 0.1) is 10.1 Å². The van der Waals surface area contributed by atoms with Crippen LogP contribution in [0.15, 0.2) is 29.4 Å². The third kappa shape index (κ3) is 5.12. The SMILES string of the molecule is C/C(CC(=O)Nc1ccc([N+](=O)[O-])cc1)=N\NC(N)=O. The summed E-state index contributed by atoms with van der Waals surface area (Å²) in [4.78, 5) is 32.0. The van der Waals surface area contributed by atoms with Gasteiger partial charge in [0.1, 0.15) is 0 Å². The highest BCUT2D eigenvalue weighted by Gasteiger charge is 2.07. The van der Waals surface area contributed by atoms with Crippen molar-refractivity contribution in [3.8, 4) is 0 Å². The van der Waals surface area contributed by atoms with Crippen LogP contribution in [0.1, 0.15) is 13.3 Å². The van der Waals surface area contributed by atoms with Crippen LogP contribution in [0.4, 0.5) is 16.2 Å². The lowest BCUT2D eigenvalue weighted by molar-refractivity contribution is -0.384. The number of carbonyl (C=O) groups excluding carboxylic acids is 2. The molecule has 106 valence electrons. The molecule has 4 N–H and O–H groups in total. The number of rotatable bonds is 5. The molecule has 0 aromatic heterocycles. The highest BCUT2D eigenvalue weighted by Crippen LogP contribution is 2.15. The van der Waals surface area contributed by atoms with Crippen molar-refractivity contribution in [1.29, 1.82) is 0 Å². The number of nitrogens with two attached hydrogens (primary N) is 1. The van der Waals surface area contributed by atoms with Gasteiger partial charge in [0, 0.05) is 23.5 Å². The van der Waals surface area contributed by atoms with Crippen molar-refractivity contribution in [2.45, 2.75) is 13.3 Å². The van der Waals surface area contributed by atoms with Gasteiger partial charge in [-0.3, -0.25) is 14.9 Å². The number of non-ortho nitro benzene ring substituents is 1. The number of nitro benzene ring substituents is 1. The molecule has 0 unspecified atom stereocenters. The summed E-state index contributed by atoms with van der Waals surface area (Å²) < 4.78 is 0. The lowest BCUT2D eigenvalue weighted by Gasteiger charge is -2.04. The van der Waals surface area contributed by atoms with Crippen LogP contribution in [0.2, 0.25) is 0 Å². The molecule has 3 amide bonds. The minimum absolute atomic E-state index is 0.0444. The van der Waals surface area contributed by atoms with E-state index in [4.69, 9.17) is 5.73 Å². The Balaban J connectivity index is 2.56. The van der Waals surface area contributed by atoms with Crippen LogP contribution in [-0.2, 0) is 4.79 Å². The Kier molecular flexibility index (Phi) is 5.15. The van der Waals surface area contributed by atoms with Gasteiger partial charge < -0.3 is 11.1 Å². The van der Waals surface area contributed by atoms with Gasteiger partial charge in [-0.05, 0) is 19.1 Å². The summed E-state index contributed by atoms with van der Waals surface area (Å²) in [6, 6.07) is 4.59. The van der Waals surface area contributed by atoms with E-state index in [-0.39, 0.29) is 18.0 Å². The van der Waals surface area contributed by atoms with E-state index in [9.17, 15) is 19.7 Å². The molecular weight excluding hydrogens is 266 g/mol. The van der Waals surface area contributed by atoms with Gasteiger partial charge in [-0.2, -0.15) is 5.10 Å². The van der Waals surface area contributed by atoms with Crippen LogP contribution >= 0.6 is 0 Å². The van der Waals surface area contributed by atoms with Crippen molar-refractivity contribution in [2.75, 3.05) is 5.32 Å². The van der Waals surface area contributed by atoms with Gasteiger partial charge in [0.25, 0.3) is 5.69 Å². The molecule has 9 heteroatoms. The van der Waals surface area contributed by atoms with Crippen LogP contribution < -0.4 is 16.5 Å². The maximum absolute atomic E-state index is 11.6. The largest absolute Gasteiger partial charge is 0.350 e. The number of nitrogens with one attached hydrogen (secondary N) is 2. The van der Waals surface area contributed by atoms with Gasteiger partial charge in [-0.15, -0.1) is 0 Å². The van der Waals surface area contributed by atoms with E-state index in [1.54, 1.807) is 6.92 Å². The summed E-state index contributed by atoms with van der Waals surface area (Å²) in [5.74, 6) is -0.369. The minimum Gasteiger partial charge on any atom is -0.350 e. The summed E-state index contributed by atoms with van der Waals surface area (Å²) in [6.45, 7) is 1.55. The number of anilines is 1. The van der Waals surface area contributed by atoms with E-state index in [0.717, 1.165) is 0 Å². The van der Waals surface area contributed by atoms with Gasteiger partial charge in [-0.25, -0.2) is 10.2 Å². The maximum Gasteiger partial charge on any atom is 0.332 e. The minimum atomic E-state index is -0.819. The van der Waals surface area contributed by atoms with Gasteiger partial charge in [0.15, 0.2) is 0 Å². The molecule has 0 radical (unpaired) electrons. The van der Waals surface area contributed by atoms with Gasteiger partial charge in [0.05, 0.1) is 11.3 Å². The first-order chi connectivity index (χ1) is 9.38. The number of urea groups is 1. The van der Waals surface area contributed by atoms with Crippen molar-refractivity contribution < 1.29 is 14.5 Å². The number of hydrogen-bond acceptors (Lipinski definition) is 5. The molecule has 0 atom stereocenters. The quantitative estimate of drug-likeness (QED) is 0.419. The summed E-state index contributed by atoms with van der Waals surface area (Å²) in [5.41, 5.74) is 7.55. The zero-order valence-electron chi connectivity index (χ0n) is 10.6. The first-order valence-electron chi connectivity index (χ1n) is 5.51. The van der Waals surface area contributed by atoms with Crippen molar-refractivity contribution >= 4 is 29.0 Å². The lowest BCUT2D eigenvalue weighted by atomic mass is 10.2. The first-order valence-corrected chi connectivity index (χ1v) is 5.51. The number of primary amides is 1. The van der Waals surface area contributed by atoms with Crippen molar-refractivity contribution in [2.24, 2.45) is 10.8 Å². The normalized spacial score (nSPS) is 10.8. The molecular formula is C11H13N5O4.